The molecule has 0 spiro atoms. The van der Waals surface area contributed by atoms with Crippen molar-refractivity contribution in [2.24, 2.45) is 4.99 Å². The summed E-state index contributed by atoms with van der Waals surface area (Å²) in [5, 5.41) is 5.49. The average molecular weight is 270 g/mol. The van der Waals surface area contributed by atoms with Gasteiger partial charge in [-0.1, -0.05) is 12.1 Å². The topological polar surface area (TPSA) is 33.6 Å². The Bertz CT molecular complexity index is 617. The first kappa shape index (κ1) is 12.0. The maximum atomic E-state index is 5.23. The van der Waals surface area contributed by atoms with E-state index in [1.807, 2.05) is 30.5 Å². The second kappa shape index (κ2) is 5.28. The molecule has 1 N–H and O–H groups in total. The molecule has 0 fully saturated rings. The van der Waals surface area contributed by atoms with Gasteiger partial charge in [-0.2, -0.15) is 0 Å². The van der Waals surface area contributed by atoms with Gasteiger partial charge in [0, 0.05) is 17.2 Å². The molecule has 0 radical (unpaired) electrons. The number of benzene rings is 1. The first-order valence-electron chi connectivity index (χ1n) is 6.05. The molecule has 1 unspecified atom stereocenters. The molecule has 0 aliphatic carbocycles. The third kappa shape index (κ3) is 2.69. The normalized spacial score (nSPS) is 17.2. The molecular weight excluding hydrogens is 256 g/mol. The highest BCUT2D eigenvalue weighted by Gasteiger charge is 2.12. The van der Waals surface area contributed by atoms with Gasteiger partial charge in [-0.15, -0.1) is 11.3 Å². The Balaban J connectivity index is 1.78. The van der Waals surface area contributed by atoms with Crippen LogP contribution in [0.25, 0.3) is 6.08 Å². The molecule has 1 aromatic heterocycles. The minimum atomic E-state index is 0.113. The molecule has 3 rings (SSSR count). The van der Waals surface area contributed by atoms with Gasteiger partial charge in [-0.05, 0) is 29.7 Å². The monoisotopic (exact) mass is 270 g/mol. The molecule has 1 aliphatic heterocycles. The number of fused-ring (bicyclic) bond motifs is 1. The Labute approximate surface area is 116 Å². The third-order valence-corrected chi connectivity index (χ3v) is 3.75. The SMILES string of the molecule is COc1ccc2c(c1)NC(/C=C/c1cccs1)C=N2. The predicted molar refractivity (Wildman–Crippen MR) is 81.9 cm³/mol. The second-order valence-electron chi connectivity index (χ2n) is 4.21. The standard InChI is InChI=1S/C15H14N2OS/c1-18-12-5-7-14-15(9-12)17-11(10-16-14)4-6-13-3-2-8-19-13/h2-11,17H,1H3/b6-4+. The Morgan fingerprint density at radius 3 is 3.11 bits per heavy atom. The van der Waals surface area contributed by atoms with Crippen LogP contribution >= 0.6 is 11.3 Å². The van der Waals surface area contributed by atoms with Crippen LogP contribution in [0.4, 0.5) is 11.4 Å². The number of nitrogens with zero attached hydrogens (tertiary/aromatic N) is 1. The zero-order valence-corrected chi connectivity index (χ0v) is 11.4. The second-order valence-corrected chi connectivity index (χ2v) is 5.19. The van der Waals surface area contributed by atoms with Crippen LogP contribution in [0.15, 0.2) is 46.8 Å². The van der Waals surface area contributed by atoms with Gasteiger partial charge in [0.2, 0.25) is 0 Å². The summed E-state index contributed by atoms with van der Waals surface area (Å²) in [6.07, 6.45) is 6.14. The van der Waals surface area contributed by atoms with Crippen molar-refractivity contribution < 1.29 is 4.74 Å². The molecule has 0 saturated carbocycles. The molecule has 0 saturated heterocycles. The zero-order valence-electron chi connectivity index (χ0n) is 10.5. The number of ether oxygens (including phenoxy) is 1. The van der Waals surface area contributed by atoms with Crippen LogP contribution in [-0.2, 0) is 0 Å². The van der Waals surface area contributed by atoms with Crippen LogP contribution in [0.5, 0.6) is 5.75 Å². The minimum absolute atomic E-state index is 0.113. The Hall–Kier alpha value is -2.07. The van der Waals surface area contributed by atoms with Crippen LogP contribution in [-0.4, -0.2) is 19.4 Å². The smallest absolute Gasteiger partial charge is 0.121 e. The highest BCUT2D eigenvalue weighted by Crippen LogP contribution is 2.32. The first-order chi connectivity index (χ1) is 9.35. The van der Waals surface area contributed by atoms with Crippen molar-refractivity contribution in [2.75, 3.05) is 12.4 Å². The van der Waals surface area contributed by atoms with E-state index in [0.717, 1.165) is 17.1 Å². The van der Waals surface area contributed by atoms with Gasteiger partial charge in [0.05, 0.1) is 24.5 Å². The summed E-state index contributed by atoms with van der Waals surface area (Å²) in [5.74, 6) is 0.837. The number of rotatable bonds is 3. The van der Waals surface area contributed by atoms with E-state index in [1.54, 1.807) is 18.4 Å². The summed E-state index contributed by atoms with van der Waals surface area (Å²) in [4.78, 5) is 5.70. The molecule has 1 aromatic carbocycles. The largest absolute Gasteiger partial charge is 0.497 e. The predicted octanol–water partition coefficient (Wildman–Crippen LogP) is 3.97. The molecule has 96 valence electrons. The van der Waals surface area contributed by atoms with Gasteiger partial charge in [0.25, 0.3) is 0 Å². The summed E-state index contributed by atoms with van der Waals surface area (Å²) in [5.41, 5.74) is 1.95. The van der Waals surface area contributed by atoms with Crippen molar-refractivity contribution in [1.29, 1.82) is 0 Å². The van der Waals surface area contributed by atoms with E-state index < -0.39 is 0 Å². The highest BCUT2D eigenvalue weighted by molar-refractivity contribution is 7.10. The third-order valence-electron chi connectivity index (χ3n) is 2.91. The average Bonchev–Trinajstić information content (AvgIpc) is 2.97. The van der Waals surface area contributed by atoms with Crippen molar-refractivity contribution in [3.8, 4) is 5.75 Å². The lowest BCUT2D eigenvalue weighted by Crippen LogP contribution is -2.20. The number of anilines is 1. The van der Waals surface area contributed by atoms with E-state index in [2.05, 4.69) is 33.9 Å². The van der Waals surface area contributed by atoms with E-state index in [0.29, 0.717) is 0 Å². The quantitative estimate of drug-likeness (QED) is 0.915. The molecule has 3 nitrogen and oxygen atoms in total. The summed E-state index contributed by atoms with van der Waals surface area (Å²) in [6, 6.07) is 10.1. The number of hydrogen-bond acceptors (Lipinski definition) is 4. The van der Waals surface area contributed by atoms with Gasteiger partial charge >= 0.3 is 0 Å². The minimum Gasteiger partial charge on any atom is -0.497 e. The van der Waals surface area contributed by atoms with E-state index in [-0.39, 0.29) is 6.04 Å². The van der Waals surface area contributed by atoms with Gasteiger partial charge in [-0.25, -0.2) is 0 Å². The van der Waals surface area contributed by atoms with Crippen LogP contribution in [0.1, 0.15) is 4.88 Å². The Kier molecular flexibility index (Phi) is 3.33. The van der Waals surface area contributed by atoms with Gasteiger partial charge in [0.1, 0.15) is 5.75 Å². The summed E-state index contributed by atoms with van der Waals surface area (Å²) in [6.45, 7) is 0. The van der Waals surface area contributed by atoms with E-state index in [9.17, 15) is 0 Å². The van der Waals surface area contributed by atoms with Crippen molar-refractivity contribution >= 4 is 35.0 Å². The molecule has 19 heavy (non-hydrogen) atoms. The molecule has 0 amide bonds. The molecule has 2 heterocycles. The van der Waals surface area contributed by atoms with E-state index in [4.69, 9.17) is 4.74 Å². The lowest BCUT2D eigenvalue weighted by atomic mass is 10.1. The van der Waals surface area contributed by atoms with Crippen molar-refractivity contribution in [3.05, 3.63) is 46.7 Å². The number of aliphatic imine (C=N–C) groups is 1. The highest BCUT2D eigenvalue weighted by atomic mass is 32.1. The molecular formula is C15H14N2OS. The van der Waals surface area contributed by atoms with Gasteiger partial charge in [-0.3, -0.25) is 4.99 Å². The summed E-state index contributed by atoms with van der Waals surface area (Å²) in [7, 11) is 1.67. The van der Waals surface area contributed by atoms with Crippen LogP contribution < -0.4 is 10.1 Å². The summed E-state index contributed by atoms with van der Waals surface area (Å²) < 4.78 is 5.23. The zero-order chi connectivity index (χ0) is 13.1. The lowest BCUT2D eigenvalue weighted by Gasteiger charge is -2.19. The Morgan fingerprint density at radius 2 is 2.32 bits per heavy atom. The van der Waals surface area contributed by atoms with Crippen molar-refractivity contribution in [2.45, 2.75) is 6.04 Å². The van der Waals surface area contributed by atoms with Crippen molar-refractivity contribution in [1.82, 2.24) is 0 Å². The number of methoxy groups -OCH3 is 1. The molecule has 2 aromatic rings. The Morgan fingerprint density at radius 1 is 1.37 bits per heavy atom. The van der Waals surface area contributed by atoms with Crippen LogP contribution in [0.2, 0.25) is 0 Å². The van der Waals surface area contributed by atoms with Crippen LogP contribution in [0, 0.1) is 0 Å². The molecule has 4 heteroatoms. The maximum absolute atomic E-state index is 5.23. The van der Waals surface area contributed by atoms with Crippen molar-refractivity contribution in [3.63, 3.8) is 0 Å². The van der Waals surface area contributed by atoms with Gasteiger partial charge < -0.3 is 10.1 Å². The number of hydrogen-bond donors (Lipinski definition) is 1. The van der Waals surface area contributed by atoms with Crippen LogP contribution in [0.3, 0.4) is 0 Å². The summed E-state index contributed by atoms with van der Waals surface area (Å²) >= 11 is 1.72. The number of thiophene rings is 1. The molecule has 1 atom stereocenters. The fourth-order valence-corrected chi connectivity index (χ4v) is 2.56. The number of nitrogens with one attached hydrogen (secondary N) is 1. The van der Waals surface area contributed by atoms with Gasteiger partial charge in [0.15, 0.2) is 0 Å². The fourth-order valence-electron chi connectivity index (χ4n) is 1.93. The van der Waals surface area contributed by atoms with E-state index in [1.165, 1.54) is 4.88 Å². The first-order valence-corrected chi connectivity index (χ1v) is 6.93. The van der Waals surface area contributed by atoms with E-state index >= 15 is 0 Å². The molecule has 0 bridgehead atoms. The maximum Gasteiger partial charge on any atom is 0.121 e. The fraction of sp³-hybridized carbons (Fsp3) is 0.133. The molecule has 1 aliphatic rings. The lowest BCUT2D eigenvalue weighted by molar-refractivity contribution is 0.415.